The first-order valence-electron chi connectivity index (χ1n) is 6.29. The molecule has 0 amide bonds. The molecule has 0 aliphatic heterocycles. The van der Waals surface area contributed by atoms with Crippen molar-refractivity contribution < 1.29 is 13.3 Å². The summed E-state index contributed by atoms with van der Waals surface area (Å²) in [6.45, 7) is 1.88. The minimum Gasteiger partial charge on any atom is -0.258 e. The predicted molar refractivity (Wildman–Crippen MR) is 85.1 cm³/mol. The normalized spacial score (nSPS) is 11.6. The minimum atomic E-state index is -3.62. The maximum Gasteiger partial charge on any atom is 0.269 e. The molecule has 0 aliphatic rings. The Labute approximate surface area is 133 Å². The molecule has 0 spiro atoms. The van der Waals surface area contributed by atoms with Gasteiger partial charge < -0.3 is 0 Å². The van der Waals surface area contributed by atoms with Gasteiger partial charge >= 0.3 is 0 Å². The van der Waals surface area contributed by atoms with Crippen molar-refractivity contribution in [3.8, 4) is 0 Å². The highest BCUT2D eigenvalue weighted by Gasteiger charge is 2.21. The fourth-order valence-corrected chi connectivity index (χ4v) is 3.93. The first kappa shape index (κ1) is 16.5. The number of hydrogen-bond acceptors (Lipinski definition) is 5. The summed E-state index contributed by atoms with van der Waals surface area (Å²) in [4.78, 5) is 10.9. The number of nitro groups is 1. The van der Waals surface area contributed by atoms with Crippen LogP contribution in [-0.2, 0) is 10.0 Å². The molecule has 0 bridgehead atoms. The lowest BCUT2D eigenvalue weighted by Gasteiger charge is -2.16. The number of aryl methyl sites for hydroxylation is 1. The van der Waals surface area contributed by atoms with Crippen molar-refractivity contribution in [2.75, 3.05) is 7.05 Å². The van der Waals surface area contributed by atoms with E-state index in [2.05, 4.69) is 0 Å². The van der Waals surface area contributed by atoms with E-state index in [4.69, 9.17) is 0 Å². The number of non-ortho nitro benzene ring substituents is 1. The number of nitro benzene ring substituents is 1. The third-order valence-electron chi connectivity index (χ3n) is 2.94. The summed E-state index contributed by atoms with van der Waals surface area (Å²) in [6.07, 6.45) is 0. The van der Waals surface area contributed by atoms with Crippen LogP contribution in [0.3, 0.4) is 0 Å². The van der Waals surface area contributed by atoms with Gasteiger partial charge in [-0.25, -0.2) is 8.42 Å². The summed E-state index contributed by atoms with van der Waals surface area (Å²) in [5.41, 5.74) is 0.943. The second-order valence-corrected chi connectivity index (χ2v) is 7.97. The monoisotopic (exact) mass is 338 g/mol. The van der Waals surface area contributed by atoms with Gasteiger partial charge in [0.15, 0.2) is 0 Å². The Bertz CT molecular complexity index is 771. The predicted octanol–water partition coefficient (Wildman–Crippen LogP) is 3.23. The van der Waals surface area contributed by atoms with Gasteiger partial charge in [0.1, 0.15) is 0 Å². The van der Waals surface area contributed by atoms with Gasteiger partial charge in [-0.05, 0) is 43.1 Å². The van der Waals surface area contributed by atoms with Gasteiger partial charge in [0, 0.05) is 24.1 Å². The lowest BCUT2D eigenvalue weighted by Crippen LogP contribution is -2.20. The van der Waals surface area contributed by atoms with Crippen LogP contribution >= 0.6 is 11.9 Å². The minimum absolute atomic E-state index is 0.0339. The first-order chi connectivity index (χ1) is 10.3. The lowest BCUT2D eigenvalue weighted by atomic mass is 10.2. The van der Waals surface area contributed by atoms with Crippen molar-refractivity contribution >= 4 is 27.7 Å². The van der Waals surface area contributed by atoms with Gasteiger partial charge in [0.2, 0.25) is 0 Å². The molecule has 2 aromatic rings. The summed E-state index contributed by atoms with van der Waals surface area (Å²) >= 11 is 0.993. The zero-order chi connectivity index (χ0) is 16.3. The van der Waals surface area contributed by atoms with Crippen molar-refractivity contribution in [1.29, 1.82) is 0 Å². The summed E-state index contributed by atoms with van der Waals surface area (Å²) < 4.78 is 26.0. The summed E-state index contributed by atoms with van der Waals surface area (Å²) in [6, 6.07) is 12.3. The average molecular weight is 338 g/mol. The molecule has 0 aromatic heterocycles. The lowest BCUT2D eigenvalue weighted by molar-refractivity contribution is -0.384. The molecular formula is C14H14N2O4S2. The molecule has 0 N–H and O–H groups in total. The molecule has 8 heteroatoms. The van der Waals surface area contributed by atoms with Crippen LogP contribution in [0.1, 0.15) is 5.56 Å². The van der Waals surface area contributed by atoms with Gasteiger partial charge in [-0.15, -0.1) is 3.71 Å². The zero-order valence-corrected chi connectivity index (χ0v) is 13.6. The molecule has 2 aromatic carbocycles. The molecule has 0 aliphatic carbocycles. The van der Waals surface area contributed by atoms with E-state index in [0.29, 0.717) is 4.90 Å². The van der Waals surface area contributed by atoms with Gasteiger partial charge in [-0.2, -0.15) is 0 Å². The van der Waals surface area contributed by atoms with E-state index in [-0.39, 0.29) is 10.6 Å². The second-order valence-electron chi connectivity index (χ2n) is 4.57. The molecule has 0 atom stereocenters. The van der Waals surface area contributed by atoms with Crippen molar-refractivity contribution in [3.63, 3.8) is 0 Å². The van der Waals surface area contributed by atoms with Crippen LogP contribution in [0.2, 0.25) is 0 Å². The number of rotatable bonds is 5. The molecule has 0 heterocycles. The molecule has 2 rings (SSSR count). The van der Waals surface area contributed by atoms with Gasteiger partial charge in [0.05, 0.1) is 9.82 Å². The Morgan fingerprint density at radius 3 is 2.09 bits per heavy atom. The highest BCUT2D eigenvalue weighted by molar-refractivity contribution is 8.08. The van der Waals surface area contributed by atoms with Crippen LogP contribution in [-0.4, -0.2) is 24.1 Å². The highest BCUT2D eigenvalue weighted by Crippen LogP contribution is 2.28. The smallest absolute Gasteiger partial charge is 0.258 e. The molecule has 6 nitrogen and oxygen atoms in total. The third kappa shape index (κ3) is 3.65. The standard InChI is InChI=1S/C14H14N2O4S2/c1-11-3-9-14(10-4-11)22(19,20)15(2)21-13-7-5-12(6-8-13)16(17)18/h3-10H,1-2H3. The Kier molecular flexibility index (Phi) is 4.84. The van der Waals surface area contributed by atoms with E-state index < -0.39 is 14.9 Å². The van der Waals surface area contributed by atoms with E-state index in [1.165, 1.54) is 31.3 Å². The Balaban J connectivity index is 2.18. The molecule has 0 saturated carbocycles. The number of benzene rings is 2. The Morgan fingerprint density at radius 1 is 1.05 bits per heavy atom. The van der Waals surface area contributed by atoms with E-state index in [1.807, 2.05) is 6.92 Å². The number of nitrogens with zero attached hydrogens (tertiary/aromatic N) is 2. The quantitative estimate of drug-likeness (QED) is 0.475. The topological polar surface area (TPSA) is 80.5 Å². The van der Waals surface area contributed by atoms with Crippen molar-refractivity contribution in [2.24, 2.45) is 0 Å². The van der Waals surface area contributed by atoms with E-state index in [0.717, 1.165) is 21.2 Å². The number of sulfonamides is 1. The summed E-state index contributed by atoms with van der Waals surface area (Å²) in [7, 11) is -2.17. The van der Waals surface area contributed by atoms with Crippen molar-refractivity contribution in [1.82, 2.24) is 3.71 Å². The average Bonchev–Trinajstić information content (AvgIpc) is 2.48. The van der Waals surface area contributed by atoms with Gasteiger partial charge in [-0.3, -0.25) is 10.1 Å². The summed E-state index contributed by atoms with van der Waals surface area (Å²) in [5, 5.41) is 10.6. The Hall–Kier alpha value is -1.90. The highest BCUT2D eigenvalue weighted by atomic mass is 32.3. The third-order valence-corrected chi connectivity index (χ3v) is 6.04. The maximum atomic E-state index is 12.4. The fraction of sp³-hybridized carbons (Fsp3) is 0.143. The molecule has 0 radical (unpaired) electrons. The van der Waals surface area contributed by atoms with Crippen molar-refractivity contribution in [3.05, 3.63) is 64.2 Å². The SMILES string of the molecule is Cc1ccc(S(=O)(=O)N(C)Sc2ccc([N+](=O)[O-])cc2)cc1. The van der Waals surface area contributed by atoms with Gasteiger partial charge in [0.25, 0.3) is 15.7 Å². The number of hydrogen-bond donors (Lipinski definition) is 0. The van der Waals surface area contributed by atoms with Crippen LogP contribution in [0.4, 0.5) is 5.69 Å². The molecule has 116 valence electrons. The Morgan fingerprint density at radius 2 is 1.59 bits per heavy atom. The molecule has 0 unspecified atom stereocenters. The van der Waals surface area contributed by atoms with E-state index in [9.17, 15) is 18.5 Å². The molecule has 22 heavy (non-hydrogen) atoms. The summed E-state index contributed by atoms with van der Waals surface area (Å²) in [5.74, 6) is 0. The van der Waals surface area contributed by atoms with Crippen LogP contribution in [0, 0.1) is 17.0 Å². The fourth-order valence-electron chi connectivity index (χ4n) is 1.68. The zero-order valence-electron chi connectivity index (χ0n) is 12.0. The van der Waals surface area contributed by atoms with Crippen LogP contribution < -0.4 is 0 Å². The largest absolute Gasteiger partial charge is 0.269 e. The second kappa shape index (κ2) is 6.47. The van der Waals surface area contributed by atoms with Crippen molar-refractivity contribution in [2.45, 2.75) is 16.7 Å². The van der Waals surface area contributed by atoms with Crippen LogP contribution in [0.15, 0.2) is 58.3 Å². The maximum absolute atomic E-state index is 12.4. The van der Waals surface area contributed by atoms with Crippen LogP contribution in [0.5, 0.6) is 0 Å². The van der Waals surface area contributed by atoms with E-state index >= 15 is 0 Å². The molecular weight excluding hydrogens is 324 g/mol. The molecule has 0 fully saturated rings. The molecule has 0 saturated heterocycles. The first-order valence-corrected chi connectivity index (χ1v) is 8.50. The van der Waals surface area contributed by atoms with Gasteiger partial charge in [-0.1, -0.05) is 17.7 Å². The van der Waals surface area contributed by atoms with Crippen LogP contribution in [0.25, 0.3) is 0 Å². The van der Waals surface area contributed by atoms with E-state index in [1.54, 1.807) is 24.3 Å².